The van der Waals surface area contributed by atoms with Crippen LogP contribution in [0, 0.1) is 0 Å². The highest BCUT2D eigenvalue weighted by atomic mass is 14.9. The molecule has 1 spiro atoms. The van der Waals surface area contributed by atoms with E-state index in [9.17, 15) is 0 Å². The largest absolute Gasteiger partial charge is 0.308 e. The smallest absolute Gasteiger partial charge is 0.0726 e. The highest BCUT2D eigenvalue weighted by Crippen LogP contribution is 2.64. The van der Waals surface area contributed by atoms with Gasteiger partial charge in [-0.15, -0.1) is 0 Å². The summed E-state index contributed by atoms with van der Waals surface area (Å²) >= 11 is 0. The van der Waals surface area contributed by atoms with Crippen molar-refractivity contribution in [1.29, 1.82) is 0 Å². The van der Waals surface area contributed by atoms with Gasteiger partial charge in [0, 0.05) is 43.1 Å². The first kappa shape index (κ1) is 25.3. The molecule has 0 saturated heterocycles. The molecule has 4 aromatic heterocycles. The lowest BCUT2D eigenvalue weighted by molar-refractivity contribution is 0.796. The van der Waals surface area contributed by atoms with Crippen LogP contribution in [-0.4, -0.2) is 8.80 Å². The molecule has 4 heterocycles. The van der Waals surface area contributed by atoms with E-state index in [1.165, 1.54) is 121 Å². The van der Waals surface area contributed by atoms with E-state index in [4.69, 9.17) is 0 Å². The van der Waals surface area contributed by atoms with Crippen molar-refractivity contribution < 1.29 is 0 Å². The van der Waals surface area contributed by atoms with Gasteiger partial charge in [-0.3, -0.25) is 0 Å². The Kier molecular flexibility index (Phi) is 4.08. The molecular formula is C49H26N2. The van der Waals surface area contributed by atoms with Crippen molar-refractivity contribution in [3.05, 3.63) is 180 Å². The maximum Gasteiger partial charge on any atom is 0.0726 e. The zero-order valence-electron chi connectivity index (χ0n) is 27.4. The van der Waals surface area contributed by atoms with Crippen LogP contribution in [0.15, 0.2) is 158 Å². The Morgan fingerprint density at radius 1 is 0.275 bits per heavy atom. The van der Waals surface area contributed by atoms with Crippen LogP contribution in [-0.2, 0) is 5.41 Å². The Hall–Kier alpha value is -6.64. The Bertz CT molecular complexity index is 3490. The molecule has 0 aliphatic heterocycles. The third-order valence-corrected chi connectivity index (χ3v) is 12.8. The van der Waals surface area contributed by atoms with Gasteiger partial charge in [-0.05, 0) is 80.9 Å². The Labute approximate surface area is 291 Å². The molecule has 0 amide bonds. The number of nitrogens with zero attached hydrogens (tertiary/aromatic N) is 2. The number of benzene rings is 8. The molecule has 0 unspecified atom stereocenters. The highest BCUT2D eigenvalue weighted by molar-refractivity contribution is 6.26. The first-order valence-corrected chi connectivity index (χ1v) is 17.9. The van der Waals surface area contributed by atoms with Gasteiger partial charge in [0.05, 0.1) is 38.5 Å². The maximum absolute atomic E-state index is 2.57. The minimum atomic E-state index is -0.439. The second kappa shape index (κ2) is 8.21. The van der Waals surface area contributed by atoms with E-state index >= 15 is 0 Å². The van der Waals surface area contributed by atoms with Crippen molar-refractivity contribution in [2.24, 2.45) is 0 Å². The van der Waals surface area contributed by atoms with Crippen LogP contribution < -0.4 is 0 Å². The van der Waals surface area contributed by atoms with Crippen LogP contribution in [0.5, 0.6) is 0 Å². The summed E-state index contributed by atoms with van der Waals surface area (Å²) in [5.74, 6) is 0. The Morgan fingerprint density at radius 3 is 1.31 bits per heavy atom. The summed E-state index contributed by atoms with van der Waals surface area (Å²) < 4.78 is 5.07. The van der Waals surface area contributed by atoms with Crippen molar-refractivity contribution in [1.82, 2.24) is 8.80 Å². The van der Waals surface area contributed by atoms with Crippen LogP contribution in [0.4, 0.5) is 0 Å². The standard InChI is InChI=1S/C49H26N2/c1-5-19-39-27(11-1)28-12-2-6-20-40(28)49(39)41-24-38-34-18-10-16-32-29-13-3-7-21-43(29)50(48(32)34)45(38)25-36(41)35-23-37-33-17-9-15-31-30-14-4-8-22-44(30)51(47(31)33)46(37)26-42(35)49/h1-26H. The van der Waals surface area contributed by atoms with Gasteiger partial charge < -0.3 is 8.80 Å². The molecule has 0 atom stereocenters. The van der Waals surface area contributed by atoms with Gasteiger partial charge >= 0.3 is 0 Å². The lowest BCUT2D eigenvalue weighted by Crippen LogP contribution is -2.25. The SMILES string of the molecule is c1ccc2c(c1)-c1ccccc1C21c2cc3c4cccc5c6ccccc6n(c3cc2-c2cc3c6cccc7c8ccccc8n(c3cc21)c76)c54. The second-order valence-electron chi connectivity index (χ2n) is 14.8. The van der Waals surface area contributed by atoms with Gasteiger partial charge in [0.2, 0.25) is 0 Å². The molecule has 12 aromatic rings. The molecule has 8 aromatic carbocycles. The van der Waals surface area contributed by atoms with Crippen LogP contribution in [0.1, 0.15) is 22.3 Å². The number of hydrogen-bond donors (Lipinski definition) is 0. The molecule has 2 aliphatic rings. The monoisotopic (exact) mass is 642 g/mol. The summed E-state index contributed by atoms with van der Waals surface area (Å²) in [6.45, 7) is 0. The zero-order valence-corrected chi connectivity index (χ0v) is 27.4. The fourth-order valence-electron chi connectivity index (χ4n) is 11.0. The van der Waals surface area contributed by atoms with Crippen molar-refractivity contribution in [3.63, 3.8) is 0 Å². The third-order valence-electron chi connectivity index (χ3n) is 12.8. The van der Waals surface area contributed by atoms with Gasteiger partial charge in [0.1, 0.15) is 0 Å². The summed E-state index contributed by atoms with van der Waals surface area (Å²) in [6, 6.07) is 60.1. The average Bonchev–Trinajstić information content (AvgIpc) is 4.00. The fourth-order valence-corrected chi connectivity index (χ4v) is 11.0. The predicted molar refractivity (Wildman–Crippen MR) is 212 cm³/mol. The molecule has 14 rings (SSSR count). The molecule has 0 saturated carbocycles. The van der Waals surface area contributed by atoms with Gasteiger partial charge in [0.25, 0.3) is 0 Å². The molecule has 2 nitrogen and oxygen atoms in total. The number of hydrogen-bond acceptors (Lipinski definition) is 0. The summed E-state index contributed by atoms with van der Waals surface area (Å²) in [7, 11) is 0. The van der Waals surface area contributed by atoms with Crippen molar-refractivity contribution >= 4 is 76.2 Å². The molecule has 0 radical (unpaired) electrons. The average molecular weight is 643 g/mol. The Morgan fingerprint density at radius 2 is 0.706 bits per heavy atom. The normalized spacial score (nSPS) is 14.4. The topological polar surface area (TPSA) is 8.82 Å². The molecule has 0 N–H and O–H groups in total. The minimum Gasteiger partial charge on any atom is -0.308 e. The van der Waals surface area contributed by atoms with Crippen molar-refractivity contribution in [2.45, 2.75) is 5.41 Å². The van der Waals surface area contributed by atoms with Crippen molar-refractivity contribution in [2.75, 3.05) is 0 Å². The van der Waals surface area contributed by atoms with Gasteiger partial charge in [-0.2, -0.15) is 0 Å². The quantitative estimate of drug-likeness (QED) is 0.156. The van der Waals surface area contributed by atoms with E-state index in [2.05, 4.69) is 167 Å². The molecule has 51 heavy (non-hydrogen) atoms. The van der Waals surface area contributed by atoms with Crippen molar-refractivity contribution in [3.8, 4) is 22.3 Å². The molecular weight excluding hydrogens is 617 g/mol. The fraction of sp³-hybridized carbons (Fsp3) is 0.0204. The zero-order chi connectivity index (χ0) is 32.7. The molecule has 2 aliphatic carbocycles. The lowest BCUT2D eigenvalue weighted by atomic mass is 9.70. The molecule has 232 valence electrons. The summed E-state index contributed by atoms with van der Waals surface area (Å²) in [4.78, 5) is 0. The van der Waals surface area contributed by atoms with E-state index in [1.54, 1.807) is 0 Å². The first-order chi connectivity index (χ1) is 25.3. The molecule has 0 fully saturated rings. The Balaban J connectivity index is 1.23. The van der Waals surface area contributed by atoms with Gasteiger partial charge in [0.15, 0.2) is 0 Å². The van der Waals surface area contributed by atoms with Crippen LogP contribution >= 0.6 is 0 Å². The lowest BCUT2D eigenvalue weighted by Gasteiger charge is -2.30. The van der Waals surface area contributed by atoms with Crippen LogP contribution in [0.25, 0.3) is 98.4 Å². The van der Waals surface area contributed by atoms with E-state index < -0.39 is 5.41 Å². The van der Waals surface area contributed by atoms with Crippen LogP contribution in [0.2, 0.25) is 0 Å². The molecule has 0 bridgehead atoms. The maximum atomic E-state index is 2.57. The van der Waals surface area contributed by atoms with Gasteiger partial charge in [-0.25, -0.2) is 0 Å². The predicted octanol–water partition coefficient (Wildman–Crippen LogP) is 12.3. The van der Waals surface area contributed by atoms with E-state index in [-0.39, 0.29) is 0 Å². The number of aromatic nitrogens is 2. The first-order valence-electron chi connectivity index (χ1n) is 17.9. The number of rotatable bonds is 0. The summed E-state index contributed by atoms with van der Waals surface area (Å²) in [5, 5.41) is 10.6. The number of para-hydroxylation sites is 4. The highest BCUT2D eigenvalue weighted by Gasteiger charge is 2.52. The minimum absolute atomic E-state index is 0.439. The summed E-state index contributed by atoms with van der Waals surface area (Å²) in [5.41, 5.74) is 18.2. The van der Waals surface area contributed by atoms with E-state index in [0.717, 1.165) is 0 Å². The summed E-state index contributed by atoms with van der Waals surface area (Å²) in [6.07, 6.45) is 0. The molecule has 2 heteroatoms. The van der Waals surface area contributed by atoms with E-state index in [0.29, 0.717) is 0 Å². The number of fused-ring (bicyclic) bond motifs is 22. The third kappa shape index (κ3) is 2.59. The van der Waals surface area contributed by atoms with E-state index in [1.807, 2.05) is 0 Å². The van der Waals surface area contributed by atoms with Gasteiger partial charge in [-0.1, -0.05) is 121 Å². The second-order valence-corrected chi connectivity index (χ2v) is 14.8. The van der Waals surface area contributed by atoms with Crippen LogP contribution in [0.3, 0.4) is 0 Å².